The molecule has 0 aliphatic heterocycles. The van der Waals surface area contributed by atoms with Crippen LogP contribution in [-0.2, 0) is 14.0 Å². The van der Waals surface area contributed by atoms with Gasteiger partial charge in [0.2, 0.25) is 0 Å². The van der Waals surface area contributed by atoms with Gasteiger partial charge in [0.15, 0.2) is 13.9 Å². The molecule has 0 aromatic carbocycles. The SMILES string of the molecule is CC(=O)OC(C)CC/C=C(\C)CC/C=C(\C)CC(C#N)(C=C(C)C)O[Si](C)(C)C. The minimum atomic E-state index is -1.87. The number of allylic oxidation sites excluding steroid dienone is 4. The fourth-order valence-corrected chi connectivity index (χ4v) is 4.53. The third kappa shape index (κ3) is 14.1. The van der Waals surface area contributed by atoms with Gasteiger partial charge in [0.25, 0.3) is 0 Å². The maximum Gasteiger partial charge on any atom is 0.302 e. The molecule has 0 amide bonds. The number of ether oxygens (including phenoxy) is 1. The third-order valence-corrected chi connectivity index (χ3v) is 5.18. The monoisotopic (exact) mass is 419 g/mol. The molecule has 0 rings (SSSR count). The molecule has 0 spiro atoms. The first kappa shape index (κ1) is 27.4. The topological polar surface area (TPSA) is 59.3 Å². The van der Waals surface area contributed by atoms with Crippen molar-refractivity contribution in [3.63, 3.8) is 0 Å². The quantitative estimate of drug-likeness (QED) is 0.197. The lowest BCUT2D eigenvalue weighted by Gasteiger charge is -2.32. The number of hydrogen-bond donors (Lipinski definition) is 0. The van der Waals surface area contributed by atoms with Crippen LogP contribution in [-0.4, -0.2) is 26.0 Å². The van der Waals surface area contributed by atoms with Crippen molar-refractivity contribution in [3.05, 3.63) is 34.9 Å². The molecule has 0 aliphatic carbocycles. The summed E-state index contributed by atoms with van der Waals surface area (Å²) in [4.78, 5) is 10.9. The highest BCUT2D eigenvalue weighted by molar-refractivity contribution is 6.69. The van der Waals surface area contributed by atoms with E-state index in [1.165, 1.54) is 18.1 Å². The van der Waals surface area contributed by atoms with Crippen molar-refractivity contribution in [2.75, 3.05) is 0 Å². The lowest BCUT2D eigenvalue weighted by atomic mass is 9.93. The van der Waals surface area contributed by atoms with Gasteiger partial charge < -0.3 is 9.16 Å². The molecule has 0 aliphatic rings. The van der Waals surface area contributed by atoms with Crippen molar-refractivity contribution < 1.29 is 14.0 Å². The predicted molar refractivity (Wildman–Crippen MR) is 124 cm³/mol. The second-order valence-corrected chi connectivity index (χ2v) is 13.7. The van der Waals surface area contributed by atoms with Gasteiger partial charge in [0.05, 0.1) is 6.10 Å². The highest BCUT2D eigenvalue weighted by Crippen LogP contribution is 2.28. The van der Waals surface area contributed by atoms with E-state index in [1.54, 1.807) is 0 Å². The minimum absolute atomic E-state index is 0.0424. The highest BCUT2D eigenvalue weighted by Gasteiger charge is 2.34. The molecule has 0 fully saturated rings. The lowest BCUT2D eigenvalue weighted by Crippen LogP contribution is -2.41. The van der Waals surface area contributed by atoms with Crippen molar-refractivity contribution in [3.8, 4) is 6.07 Å². The number of esters is 1. The molecule has 2 atom stereocenters. The van der Waals surface area contributed by atoms with Gasteiger partial charge in [-0.3, -0.25) is 4.79 Å². The van der Waals surface area contributed by atoms with E-state index in [-0.39, 0.29) is 12.1 Å². The normalized spacial score (nSPS) is 15.9. The highest BCUT2D eigenvalue weighted by atomic mass is 28.4. The molecule has 164 valence electrons. The largest absolute Gasteiger partial charge is 0.463 e. The van der Waals surface area contributed by atoms with Crippen molar-refractivity contribution in [1.82, 2.24) is 0 Å². The number of hydrogen-bond acceptors (Lipinski definition) is 4. The zero-order valence-corrected chi connectivity index (χ0v) is 21.0. The molecule has 0 saturated carbocycles. The Kier molecular flexibility index (Phi) is 12.1. The van der Waals surface area contributed by atoms with Crippen LogP contribution in [0.4, 0.5) is 0 Å². The van der Waals surface area contributed by atoms with Gasteiger partial charge in [-0.25, -0.2) is 0 Å². The van der Waals surface area contributed by atoms with Crippen LogP contribution in [0, 0.1) is 11.3 Å². The van der Waals surface area contributed by atoms with E-state index in [0.717, 1.165) is 31.3 Å². The number of nitrogens with zero attached hydrogens (tertiary/aromatic N) is 1. The second kappa shape index (κ2) is 12.8. The molecule has 0 radical (unpaired) electrons. The maximum atomic E-state index is 10.9. The first-order valence-electron chi connectivity index (χ1n) is 10.5. The van der Waals surface area contributed by atoms with Crippen LogP contribution in [0.15, 0.2) is 34.9 Å². The fraction of sp³-hybridized carbons (Fsp3) is 0.667. The van der Waals surface area contributed by atoms with Gasteiger partial charge in [-0.05, 0) is 86.0 Å². The van der Waals surface area contributed by atoms with Crippen LogP contribution in [0.5, 0.6) is 0 Å². The Labute approximate surface area is 179 Å². The molecular formula is C24H41NO3Si. The molecule has 0 bridgehead atoms. The Bertz CT molecular complexity index is 661. The minimum Gasteiger partial charge on any atom is -0.463 e. The average Bonchev–Trinajstić information content (AvgIpc) is 2.51. The van der Waals surface area contributed by atoms with Crippen LogP contribution in [0.25, 0.3) is 0 Å². The summed E-state index contributed by atoms with van der Waals surface area (Å²) in [7, 11) is -1.87. The van der Waals surface area contributed by atoms with Crippen molar-refractivity contribution in [2.45, 2.75) is 105 Å². The van der Waals surface area contributed by atoms with E-state index in [1.807, 2.05) is 26.8 Å². The van der Waals surface area contributed by atoms with Gasteiger partial charge in [-0.2, -0.15) is 5.26 Å². The maximum absolute atomic E-state index is 10.9. The summed E-state index contributed by atoms with van der Waals surface area (Å²) in [5.74, 6) is -0.224. The number of nitriles is 1. The Morgan fingerprint density at radius 2 is 1.66 bits per heavy atom. The van der Waals surface area contributed by atoms with Gasteiger partial charge in [0, 0.05) is 13.3 Å². The van der Waals surface area contributed by atoms with Gasteiger partial charge in [-0.1, -0.05) is 28.9 Å². The number of carbonyl (C=O) groups excluding carboxylic acids is 1. The van der Waals surface area contributed by atoms with E-state index >= 15 is 0 Å². The molecule has 5 heteroatoms. The zero-order valence-electron chi connectivity index (χ0n) is 20.0. The van der Waals surface area contributed by atoms with Crippen LogP contribution in [0.3, 0.4) is 0 Å². The lowest BCUT2D eigenvalue weighted by molar-refractivity contribution is -0.145. The first-order valence-corrected chi connectivity index (χ1v) is 14.0. The average molecular weight is 420 g/mol. The molecule has 0 aromatic rings. The van der Waals surface area contributed by atoms with Crippen molar-refractivity contribution >= 4 is 14.3 Å². The molecule has 2 unspecified atom stereocenters. The summed E-state index contributed by atoms with van der Waals surface area (Å²) in [6, 6.07) is 2.43. The molecule has 29 heavy (non-hydrogen) atoms. The summed E-state index contributed by atoms with van der Waals surface area (Å²) < 4.78 is 11.4. The number of rotatable bonds is 12. The van der Waals surface area contributed by atoms with E-state index in [9.17, 15) is 10.1 Å². The summed E-state index contributed by atoms with van der Waals surface area (Å²) in [6.07, 6.45) is 10.6. The van der Waals surface area contributed by atoms with E-state index in [0.29, 0.717) is 6.42 Å². The van der Waals surface area contributed by atoms with Gasteiger partial charge in [-0.15, -0.1) is 0 Å². The Morgan fingerprint density at radius 3 is 2.14 bits per heavy atom. The van der Waals surface area contributed by atoms with Crippen LogP contribution in [0.2, 0.25) is 19.6 Å². The Hall–Kier alpha value is -1.64. The van der Waals surface area contributed by atoms with Gasteiger partial charge >= 0.3 is 5.97 Å². The van der Waals surface area contributed by atoms with Gasteiger partial charge in [0.1, 0.15) is 6.07 Å². The van der Waals surface area contributed by atoms with E-state index in [2.05, 4.69) is 51.7 Å². The Balaban J connectivity index is 4.83. The van der Waals surface area contributed by atoms with Crippen molar-refractivity contribution in [2.24, 2.45) is 0 Å². The summed E-state index contributed by atoms with van der Waals surface area (Å²) >= 11 is 0. The molecule has 0 N–H and O–H groups in total. The van der Waals surface area contributed by atoms with Crippen molar-refractivity contribution in [1.29, 1.82) is 5.26 Å². The molecule has 0 aromatic heterocycles. The fourth-order valence-electron chi connectivity index (χ4n) is 3.27. The smallest absolute Gasteiger partial charge is 0.302 e. The first-order chi connectivity index (χ1) is 13.3. The Morgan fingerprint density at radius 1 is 1.07 bits per heavy atom. The van der Waals surface area contributed by atoms with E-state index in [4.69, 9.17) is 9.16 Å². The van der Waals surface area contributed by atoms with Crippen LogP contribution < -0.4 is 0 Å². The van der Waals surface area contributed by atoms with E-state index < -0.39 is 13.9 Å². The summed E-state index contributed by atoms with van der Waals surface area (Å²) in [5, 5.41) is 9.88. The summed E-state index contributed by atoms with van der Waals surface area (Å²) in [5.41, 5.74) is 2.73. The van der Waals surface area contributed by atoms with Crippen LogP contribution in [0.1, 0.15) is 73.6 Å². The molecule has 0 heterocycles. The predicted octanol–water partition coefficient (Wildman–Crippen LogP) is 6.86. The molecule has 4 nitrogen and oxygen atoms in total. The number of carbonyl (C=O) groups is 1. The second-order valence-electron chi connectivity index (χ2n) is 9.25. The third-order valence-electron chi connectivity index (χ3n) is 4.21. The zero-order chi connectivity index (χ0) is 22.7. The molecular weight excluding hydrogens is 378 g/mol. The standard InChI is InChI=1S/C24H41NO3Si/c1-19(2)16-24(18-25,28-29(7,8)9)17-21(4)14-10-12-20(3)13-11-15-22(5)27-23(6)26/h13-14,16,22H,10-12,15,17H2,1-9H3/b20-13+,21-14+. The molecule has 0 saturated heterocycles. The van der Waals surface area contributed by atoms with Crippen LogP contribution >= 0.6 is 0 Å². The summed E-state index contributed by atoms with van der Waals surface area (Å²) in [6.45, 7) is 18.0.